The standard InChI is InChI=1S/C14H24N4O3S.HI/c1-3-16-14(18-9-11-22(15,19)20)17-8-10-21-13-6-4-12(2)5-7-13;/h4-7H,3,8-11H2,1-2H3,(H2,15,19,20)(H2,16,17,18);1H. The van der Waals surface area contributed by atoms with Crippen LogP contribution in [0.5, 0.6) is 5.75 Å². The van der Waals surface area contributed by atoms with Gasteiger partial charge in [-0.15, -0.1) is 24.0 Å². The van der Waals surface area contributed by atoms with E-state index in [-0.39, 0.29) is 36.3 Å². The van der Waals surface area contributed by atoms with Crippen LogP contribution in [0.4, 0.5) is 0 Å². The van der Waals surface area contributed by atoms with E-state index in [0.29, 0.717) is 25.7 Å². The average molecular weight is 456 g/mol. The predicted octanol–water partition coefficient (Wildman–Crippen LogP) is 0.835. The summed E-state index contributed by atoms with van der Waals surface area (Å²) in [5.74, 6) is 1.17. The first kappa shape index (κ1) is 21.9. The van der Waals surface area contributed by atoms with Gasteiger partial charge in [-0.25, -0.2) is 13.6 Å². The first-order valence-electron chi connectivity index (χ1n) is 7.13. The molecule has 0 unspecified atom stereocenters. The number of halogens is 1. The molecule has 4 N–H and O–H groups in total. The van der Waals surface area contributed by atoms with Crippen molar-refractivity contribution in [3.05, 3.63) is 29.8 Å². The molecule has 1 aromatic rings. The van der Waals surface area contributed by atoms with Crippen LogP contribution in [0, 0.1) is 6.92 Å². The molecule has 0 radical (unpaired) electrons. The van der Waals surface area contributed by atoms with Gasteiger partial charge in [0.25, 0.3) is 0 Å². The van der Waals surface area contributed by atoms with Crippen molar-refractivity contribution < 1.29 is 13.2 Å². The molecule has 0 aliphatic carbocycles. The number of guanidine groups is 1. The molecule has 132 valence electrons. The van der Waals surface area contributed by atoms with Gasteiger partial charge in [-0.3, -0.25) is 4.99 Å². The number of hydrogen-bond donors (Lipinski definition) is 3. The van der Waals surface area contributed by atoms with Gasteiger partial charge in [0, 0.05) is 6.54 Å². The van der Waals surface area contributed by atoms with Crippen LogP contribution in [-0.2, 0) is 10.0 Å². The molecular weight excluding hydrogens is 431 g/mol. The Morgan fingerprint density at radius 3 is 2.48 bits per heavy atom. The molecule has 0 aromatic heterocycles. The lowest BCUT2D eigenvalue weighted by Gasteiger charge is -2.12. The lowest BCUT2D eigenvalue weighted by molar-refractivity contribution is 0.322. The Kier molecular flexibility index (Phi) is 10.9. The Balaban J connectivity index is 0.00000484. The van der Waals surface area contributed by atoms with Crippen molar-refractivity contribution in [1.82, 2.24) is 10.6 Å². The molecule has 0 fully saturated rings. The molecule has 23 heavy (non-hydrogen) atoms. The Morgan fingerprint density at radius 2 is 1.91 bits per heavy atom. The minimum Gasteiger partial charge on any atom is -0.492 e. The summed E-state index contributed by atoms with van der Waals surface area (Å²) in [6.07, 6.45) is 0. The summed E-state index contributed by atoms with van der Waals surface area (Å²) in [7, 11) is -3.49. The van der Waals surface area contributed by atoms with Gasteiger partial charge in [-0.1, -0.05) is 17.7 Å². The molecule has 0 saturated heterocycles. The highest BCUT2D eigenvalue weighted by molar-refractivity contribution is 14.0. The molecular formula is C14H25IN4O3S. The minimum absolute atomic E-state index is 0. The van der Waals surface area contributed by atoms with Crippen LogP contribution in [0.25, 0.3) is 0 Å². The van der Waals surface area contributed by atoms with Gasteiger partial charge >= 0.3 is 0 Å². The molecule has 1 aromatic carbocycles. The lowest BCUT2D eigenvalue weighted by atomic mass is 10.2. The average Bonchev–Trinajstić information content (AvgIpc) is 2.44. The lowest BCUT2D eigenvalue weighted by Crippen LogP contribution is -2.39. The van der Waals surface area contributed by atoms with E-state index in [4.69, 9.17) is 9.88 Å². The number of aryl methyl sites for hydroxylation is 1. The predicted molar refractivity (Wildman–Crippen MR) is 104 cm³/mol. The second kappa shape index (κ2) is 11.5. The summed E-state index contributed by atoms with van der Waals surface area (Å²) in [6.45, 7) is 5.77. The number of rotatable bonds is 8. The minimum atomic E-state index is -3.49. The van der Waals surface area contributed by atoms with E-state index in [9.17, 15) is 8.42 Å². The van der Waals surface area contributed by atoms with E-state index in [1.165, 1.54) is 5.56 Å². The molecule has 0 atom stereocenters. The zero-order valence-electron chi connectivity index (χ0n) is 13.4. The first-order chi connectivity index (χ1) is 10.4. The van der Waals surface area contributed by atoms with E-state index in [1.807, 2.05) is 38.1 Å². The maximum Gasteiger partial charge on any atom is 0.210 e. The first-order valence-corrected chi connectivity index (χ1v) is 8.84. The molecule has 0 saturated carbocycles. The van der Waals surface area contributed by atoms with Crippen LogP contribution in [-0.4, -0.2) is 46.4 Å². The SMILES string of the molecule is CCNC(=NCCS(N)(=O)=O)NCCOc1ccc(C)cc1.I. The van der Waals surface area contributed by atoms with Gasteiger partial charge in [0.15, 0.2) is 5.96 Å². The highest BCUT2D eigenvalue weighted by Crippen LogP contribution is 2.10. The number of benzene rings is 1. The van der Waals surface area contributed by atoms with Crippen LogP contribution in [0.15, 0.2) is 29.3 Å². The molecule has 1 rings (SSSR count). The normalized spacial score (nSPS) is 11.5. The molecule has 0 spiro atoms. The number of nitrogens with one attached hydrogen (secondary N) is 2. The number of ether oxygens (including phenoxy) is 1. The summed E-state index contributed by atoms with van der Waals surface area (Å²) in [5, 5.41) is 11.0. The van der Waals surface area contributed by atoms with Gasteiger partial charge in [-0.2, -0.15) is 0 Å². The molecule has 0 aliphatic heterocycles. The Labute approximate surface area is 155 Å². The number of sulfonamides is 1. The second-order valence-electron chi connectivity index (χ2n) is 4.72. The smallest absolute Gasteiger partial charge is 0.210 e. The van der Waals surface area contributed by atoms with Crippen molar-refractivity contribution >= 4 is 40.0 Å². The third-order valence-electron chi connectivity index (χ3n) is 2.67. The van der Waals surface area contributed by atoms with Crippen molar-refractivity contribution in [3.63, 3.8) is 0 Å². The second-order valence-corrected chi connectivity index (χ2v) is 6.45. The molecule has 0 heterocycles. The third kappa shape index (κ3) is 11.2. The summed E-state index contributed by atoms with van der Waals surface area (Å²) >= 11 is 0. The van der Waals surface area contributed by atoms with E-state index < -0.39 is 10.0 Å². The van der Waals surface area contributed by atoms with E-state index in [1.54, 1.807) is 0 Å². The maximum absolute atomic E-state index is 10.9. The van der Waals surface area contributed by atoms with Gasteiger partial charge < -0.3 is 15.4 Å². The monoisotopic (exact) mass is 456 g/mol. The number of hydrogen-bond acceptors (Lipinski definition) is 4. The van der Waals surface area contributed by atoms with E-state index in [0.717, 1.165) is 5.75 Å². The molecule has 0 aliphatic rings. The van der Waals surface area contributed by atoms with Gasteiger partial charge in [0.1, 0.15) is 12.4 Å². The quantitative estimate of drug-likeness (QED) is 0.233. The fourth-order valence-corrected chi connectivity index (χ4v) is 1.95. The highest BCUT2D eigenvalue weighted by Gasteiger charge is 2.02. The van der Waals surface area contributed by atoms with Crippen molar-refractivity contribution in [2.75, 3.05) is 32.0 Å². The fraction of sp³-hybridized carbons (Fsp3) is 0.500. The van der Waals surface area contributed by atoms with Crippen LogP contribution < -0.4 is 20.5 Å². The van der Waals surface area contributed by atoms with E-state index >= 15 is 0 Å². The molecule has 0 bridgehead atoms. The number of aliphatic imine (C=N–C) groups is 1. The number of nitrogens with zero attached hydrogens (tertiary/aromatic N) is 1. The Bertz CT molecular complexity index is 576. The number of primary sulfonamides is 1. The van der Waals surface area contributed by atoms with Gasteiger partial charge in [0.2, 0.25) is 10.0 Å². The van der Waals surface area contributed by atoms with Crippen molar-refractivity contribution in [3.8, 4) is 5.75 Å². The van der Waals surface area contributed by atoms with Crippen LogP contribution in [0.2, 0.25) is 0 Å². The zero-order valence-corrected chi connectivity index (χ0v) is 16.6. The van der Waals surface area contributed by atoms with Crippen LogP contribution >= 0.6 is 24.0 Å². The zero-order chi connectivity index (χ0) is 16.4. The third-order valence-corrected chi connectivity index (χ3v) is 3.43. The van der Waals surface area contributed by atoms with Crippen LogP contribution in [0.3, 0.4) is 0 Å². The summed E-state index contributed by atoms with van der Waals surface area (Å²) in [5.41, 5.74) is 1.18. The fourth-order valence-electron chi connectivity index (χ4n) is 1.60. The Morgan fingerprint density at radius 1 is 1.26 bits per heavy atom. The summed E-state index contributed by atoms with van der Waals surface area (Å²) < 4.78 is 27.3. The van der Waals surface area contributed by atoms with Gasteiger partial charge in [0.05, 0.1) is 18.8 Å². The number of nitrogens with two attached hydrogens (primary N) is 1. The highest BCUT2D eigenvalue weighted by atomic mass is 127. The van der Waals surface area contributed by atoms with Crippen molar-refractivity contribution in [2.45, 2.75) is 13.8 Å². The van der Waals surface area contributed by atoms with E-state index in [2.05, 4.69) is 15.6 Å². The summed E-state index contributed by atoms with van der Waals surface area (Å²) in [4.78, 5) is 4.13. The molecule has 7 nitrogen and oxygen atoms in total. The van der Waals surface area contributed by atoms with Gasteiger partial charge in [-0.05, 0) is 26.0 Å². The van der Waals surface area contributed by atoms with Crippen LogP contribution in [0.1, 0.15) is 12.5 Å². The molecule has 0 amide bonds. The molecule has 9 heteroatoms. The van der Waals surface area contributed by atoms with Crippen molar-refractivity contribution in [2.24, 2.45) is 10.1 Å². The topological polar surface area (TPSA) is 106 Å². The maximum atomic E-state index is 10.9. The summed E-state index contributed by atoms with van der Waals surface area (Å²) in [6, 6.07) is 7.81. The Hall–Kier alpha value is -1.07. The largest absolute Gasteiger partial charge is 0.492 e. The van der Waals surface area contributed by atoms with Crippen molar-refractivity contribution in [1.29, 1.82) is 0 Å².